The minimum absolute atomic E-state index is 0.796. The number of imidazole rings is 1. The Morgan fingerprint density at radius 1 is 1.04 bits per heavy atom. The number of aromatic nitrogens is 2. The van der Waals surface area contributed by atoms with Crippen molar-refractivity contribution in [1.29, 1.82) is 0 Å². The zero-order valence-corrected chi connectivity index (χ0v) is 14.9. The third-order valence-corrected chi connectivity index (χ3v) is 4.27. The molecule has 0 aliphatic heterocycles. The highest BCUT2D eigenvalue weighted by molar-refractivity contribution is 6.30. The van der Waals surface area contributed by atoms with Crippen molar-refractivity contribution in [2.75, 3.05) is 0 Å². The fourth-order valence-corrected chi connectivity index (χ4v) is 2.74. The average molecular weight is 332 g/mol. The molecule has 0 aliphatic carbocycles. The second kappa shape index (κ2) is 10.3. The van der Waals surface area contributed by atoms with Crippen LogP contribution in [-0.4, -0.2) is 4.57 Å². The number of nitrogens with zero attached hydrogens (tertiary/aromatic N) is 2. The van der Waals surface area contributed by atoms with Crippen LogP contribution in [0.25, 0.3) is 0 Å². The van der Waals surface area contributed by atoms with Gasteiger partial charge in [0, 0.05) is 5.02 Å². The summed E-state index contributed by atoms with van der Waals surface area (Å²) in [6.07, 6.45) is 18.6. The molecule has 1 aromatic carbocycles. The normalized spacial score (nSPS) is 11.4. The van der Waals surface area contributed by atoms with Crippen molar-refractivity contribution in [2.45, 2.75) is 58.5 Å². The number of aryl methyl sites for hydroxylation is 1. The van der Waals surface area contributed by atoms with E-state index in [0.717, 1.165) is 24.5 Å². The summed E-state index contributed by atoms with van der Waals surface area (Å²) < 4.78 is 4.52. The maximum atomic E-state index is 5.89. The second-order valence-electron chi connectivity index (χ2n) is 6.06. The first-order chi connectivity index (χ1) is 11.3. The first kappa shape index (κ1) is 17.8. The third kappa shape index (κ3) is 7.04. The average Bonchev–Trinajstić information content (AvgIpc) is 3.01. The molecule has 0 saturated carbocycles. The van der Waals surface area contributed by atoms with Crippen LogP contribution in [0.15, 0.2) is 55.1 Å². The predicted octanol–water partition coefficient (Wildman–Crippen LogP) is 5.20. The molecule has 0 N–H and O–H groups in total. The van der Waals surface area contributed by atoms with E-state index in [1.54, 1.807) is 0 Å². The van der Waals surface area contributed by atoms with Crippen LogP contribution in [-0.2, 0) is 19.5 Å². The lowest BCUT2D eigenvalue weighted by Gasteiger charge is -1.97. The first-order valence-electron chi connectivity index (χ1n) is 8.72. The fourth-order valence-electron chi connectivity index (χ4n) is 2.61. The summed E-state index contributed by atoms with van der Waals surface area (Å²) in [5.41, 5.74) is 1.29. The van der Waals surface area contributed by atoms with Gasteiger partial charge < -0.3 is 0 Å². The van der Waals surface area contributed by atoms with Gasteiger partial charge in [-0.15, -0.1) is 0 Å². The van der Waals surface area contributed by atoms with E-state index in [9.17, 15) is 0 Å². The Kier molecular flexibility index (Phi) is 7.96. The van der Waals surface area contributed by atoms with Crippen molar-refractivity contribution in [3.8, 4) is 0 Å². The van der Waals surface area contributed by atoms with Gasteiger partial charge in [0.2, 0.25) is 6.33 Å². The summed E-state index contributed by atoms with van der Waals surface area (Å²) in [6, 6.07) is 8.05. The minimum atomic E-state index is 0.796. The monoisotopic (exact) mass is 331 g/mol. The number of halogens is 1. The highest BCUT2D eigenvalue weighted by atomic mass is 35.5. The number of allylic oxidation sites excluding steroid dienone is 2. The molecule has 1 heterocycles. The van der Waals surface area contributed by atoms with Crippen LogP contribution in [0.2, 0.25) is 5.02 Å². The lowest BCUT2D eigenvalue weighted by molar-refractivity contribution is -0.696. The largest absolute Gasteiger partial charge is 0.244 e. The highest BCUT2D eigenvalue weighted by Crippen LogP contribution is 2.10. The summed E-state index contributed by atoms with van der Waals surface area (Å²) in [5.74, 6) is 0. The lowest BCUT2D eigenvalue weighted by atomic mass is 10.1. The van der Waals surface area contributed by atoms with Gasteiger partial charge in [-0.3, -0.25) is 0 Å². The Labute approximate surface area is 145 Å². The molecule has 124 valence electrons. The number of benzene rings is 1. The van der Waals surface area contributed by atoms with Gasteiger partial charge in [-0.1, -0.05) is 56.0 Å². The van der Waals surface area contributed by atoms with E-state index < -0.39 is 0 Å². The van der Waals surface area contributed by atoms with Crippen molar-refractivity contribution < 1.29 is 4.57 Å². The van der Waals surface area contributed by atoms with E-state index in [1.165, 1.54) is 37.7 Å². The molecule has 2 rings (SSSR count). The standard InChI is InChI=1S/C20H28ClN2/c1-2-3-4-5-7-14-22-16-17-23(18-22)15-8-6-9-19-10-12-20(21)13-11-19/h6,8,10-13,16-18H,2-5,7,9,14-15H2,1H3/q+1/b8-6-. The van der Waals surface area contributed by atoms with Gasteiger partial charge in [-0.25, -0.2) is 9.13 Å². The van der Waals surface area contributed by atoms with E-state index in [-0.39, 0.29) is 0 Å². The zero-order valence-electron chi connectivity index (χ0n) is 14.1. The summed E-state index contributed by atoms with van der Waals surface area (Å²) in [4.78, 5) is 0. The molecular formula is C20H28ClN2+. The van der Waals surface area contributed by atoms with Gasteiger partial charge in [0.05, 0.1) is 6.54 Å². The molecule has 0 fully saturated rings. The maximum Gasteiger partial charge on any atom is 0.244 e. The van der Waals surface area contributed by atoms with Crippen molar-refractivity contribution in [1.82, 2.24) is 4.57 Å². The van der Waals surface area contributed by atoms with E-state index in [1.807, 2.05) is 12.1 Å². The molecule has 0 aliphatic rings. The van der Waals surface area contributed by atoms with E-state index in [4.69, 9.17) is 11.6 Å². The summed E-state index contributed by atoms with van der Waals surface area (Å²) in [6.45, 7) is 4.32. The topological polar surface area (TPSA) is 8.81 Å². The molecule has 2 nitrogen and oxygen atoms in total. The molecule has 0 radical (unpaired) electrons. The lowest BCUT2D eigenvalue weighted by Crippen LogP contribution is -2.30. The molecule has 23 heavy (non-hydrogen) atoms. The Morgan fingerprint density at radius 2 is 1.83 bits per heavy atom. The fraction of sp³-hybridized carbons (Fsp3) is 0.450. The summed E-state index contributed by atoms with van der Waals surface area (Å²) in [5, 5.41) is 0.796. The Balaban J connectivity index is 1.67. The number of hydrogen-bond donors (Lipinski definition) is 0. The SMILES string of the molecule is CCCCCCC[n+]1ccn(C/C=C\Cc2ccc(Cl)cc2)c1. The van der Waals surface area contributed by atoms with Crippen LogP contribution in [0.1, 0.15) is 44.6 Å². The summed E-state index contributed by atoms with van der Waals surface area (Å²) >= 11 is 5.89. The van der Waals surface area contributed by atoms with E-state index >= 15 is 0 Å². The molecule has 0 unspecified atom stereocenters. The number of unbranched alkanes of at least 4 members (excludes halogenated alkanes) is 4. The molecule has 0 amide bonds. The second-order valence-corrected chi connectivity index (χ2v) is 6.50. The molecule has 1 aromatic heterocycles. The summed E-state index contributed by atoms with van der Waals surface area (Å²) in [7, 11) is 0. The van der Waals surface area contributed by atoms with Gasteiger partial charge in [0.1, 0.15) is 18.9 Å². The Morgan fingerprint density at radius 3 is 2.61 bits per heavy atom. The molecule has 2 aromatic rings. The first-order valence-corrected chi connectivity index (χ1v) is 9.10. The van der Waals surface area contributed by atoms with Crippen molar-refractivity contribution in [3.05, 3.63) is 65.7 Å². The quantitative estimate of drug-likeness (QED) is 0.321. The molecular weight excluding hydrogens is 304 g/mol. The van der Waals surface area contributed by atoms with Crippen LogP contribution >= 0.6 is 11.6 Å². The van der Waals surface area contributed by atoms with E-state index in [2.05, 4.69) is 59.1 Å². The smallest absolute Gasteiger partial charge is 0.237 e. The minimum Gasteiger partial charge on any atom is -0.237 e. The number of hydrogen-bond acceptors (Lipinski definition) is 0. The Bertz CT molecular complexity index is 584. The van der Waals surface area contributed by atoms with Gasteiger partial charge >= 0.3 is 0 Å². The van der Waals surface area contributed by atoms with Gasteiger partial charge in [-0.2, -0.15) is 0 Å². The van der Waals surface area contributed by atoms with Crippen molar-refractivity contribution in [2.24, 2.45) is 0 Å². The Hall–Kier alpha value is -1.54. The van der Waals surface area contributed by atoms with E-state index in [0.29, 0.717) is 0 Å². The predicted molar refractivity (Wildman–Crippen MR) is 97.7 cm³/mol. The molecule has 3 heteroatoms. The van der Waals surface area contributed by atoms with Crippen LogP contribution in [0, 0.1) is 0 Å². The molecule has 0 bridgehead atoms. The molecule has 0 spiro atoms. The van der Waals surface area contributed by atoms with Crippen LogP contribution in [0.5, 0.6) is 0 Å². The third-order valence-electron chi connectivity index (χ3n) is 4.02. The highest BCUT2D eigenvalue weighted by Gasteiger charge is 2.01. The van der Waals surface area contributed by atoms with Crippen molar-refractivity contribution >= 4 is 11.6 Å². The zero-order chi connectivity index (χ0) is 16.3. The molecule has 0 saturated heterocycles. The van der Waals surface area contributed by atoms with Gasteiger partial charge in [0.15, 0.2) is 0 Å². The van der Waals surface area contributed by atoms with Crippen LogP contribution in [0.4, 0.5) is 0 Å². The number of rotatable bonds is 10. The van der Waals surface area contributed by atoms with Crippen LogP contribution in [0.3, 0.4) is 0 Å². The van der Waals surface area contributed by atoms with Crippen LogP contribution < -0.4 is 4.57 Å². The van der Waals surface area contributed by atoms with Crippen molar-refractivity contribution in [3.63, 3.8) is 0 Å². The van der Waals surface area contributed by atoms with Gasteiger partial charge in [-0.05, 0) is 43.0 Å². The molecule has 0 atom stereocenters. The maximum absolute atomic E-state index is 5.89. The van der Waals surface area contributed by atoms with Gasteiger partial charge in [0.25, 0.3) is 0 Å².